The summed E-state index contributed by atoms with van der Waals surface area (Å²) in [4.78, 5) is 4.63. The highest BCUT2D eigenvalue weighted by molar-refractivity contribution is 6.37. The highest BCUT2D eigenvalue weighted by atomic mass is 35.5. The van der Waals surface area contributed by atoms with E-state index in [-0.39, 0.29) is 0 Å². The number of halogens is 1. The predicted octanol–water partition coefficient (Wildman–Crippen LogP) is 5.99. The van der Waals surface area contributed by atoms with Crippen molar-refractivity contribution in [2.45, 2.75) is 0 Å². The predicted molar refractivity (Wildman–Crippen MR) is 101 cm³/mol. The molecule has 5 rings (SSSR count). The van der Waals surface area contributed by atoms with Gasteiger partial charge in [-0.15, -0.1) is 0 Å². The van der Waals surface area contributed by atoms with Crippen molar-refractivity contribution in [1.82, 2.24) is 9.55 Å². The van der Waals surface area contributed by atoms with Gasteiger partial charge in [-0.1, -0.05) is 66.2 Å². The fourth-order valence-corrected chi connectivity index (χ4v) is 3.76. The van der Waals surface area contributed by atoms with Gasteiger partial charge >= 0.3 is 0 Å². The average Bonchev–Trinajstić information content (AvgIpc) is 2.99. The molecular formula is C21H13ClN2. The van der Waals surface area contributed by atoms with Gasteiger partial charge in [0.25, 0.3) is 0 Å². The second kappa shape index (κ2) is 5.08. The molecule has 2 heterocycles. The first-order valence-corrected chi connectivity index (χ1v) is 8.25. The summed E-state index contributed by atoms with van der Waals surface area (Å²) in [7, 11) is 0. The monoisotopic (exact) mass is 328 g/mol. The van der Waals surface area contributed by atoms with Crippen LogP contribution in [0, 0.1) is 0 Å². The Bertz CT molecular complexity index is 1210. The molecule has 0 fully saturated rings. The van der Waals surface area contributed by atoms with E-state index in [1.54, 1.807) is 0 Å². The van der Waals surface area contributed by atoms with Gasteiger partial charge in [0.1, 0.15) is 0 Å². The lowest BCUT2D eigenvalue weighted by atomic mass is 10.1. The first-order chi connectivity index (χ1) is 11.8. The maximum Gasteiger partial charge on any atom is 0.154 e. The molecule has 3 aromatic carbocycles. The summed E-state index contributed by atoms with van der Waals surface area (Å²) >= 11 is 6.63. The van der Waals surface area contributed by atoms with E-state index < -0.39 is 0 Å². The van der Waals surface area contributed by atoms with Crippen LogP contribution in [0.5, 0.6) is 0 Å². The molecule has 24 heavy (non-hydrogen) atoms. The number of para-hydroxylation sites is 3. The van der Waals surface area contributed by atoms with Crippen LogP contribution in [0.2, 0.25) is 5.15 Å². The molecule has 2 nitrogen and oxygen atoms in total. The normalized spacial score (nSPS) is 11.5. The Kier molecular flexibility index (Phi) is 2.88. The Morgan fingerprint density at radius 1 is 0.708 bits per heavy atom. The van der Waals surface area contributed by atoms with Crippen molar-refractivity contribution >= 4 is 44.3 Å². The van der Waals surface area contributed by atoms with Crippen LogP contribution >= 0.6 is 11.6 Å². The maximum atomic E-state index is 6.63. The number of aromatic nitrogens is 2. The van der Waals surface area contributed by atoms with Crippen molar-refractivity contribution in [2.75, 3.05) is 0 Å². The average molecular weight is 329 g/mol. The van der Waals surface area contributed by atoms with Gasteiger partial charge in [0.15, 0.2) is 5.15 Å². The Labute approximate surface area is 143 Å². The second-order valence-corrected chi connectivity index (χ2v) is 6.19. The van der Waals surface area contributed by atoms with Gasteiger partial charge in [0, 0.05) is 21.8 Å². The van der Waals surface area contributed by atoms with E-state index in [9.17, 15) is 0 Å². The van der Waals surface area contributed by atoms with Crippen molar-refractivity contribution in [3.63, 3.8) is 0 Å². The van der Waals surface area contributed by atoms with Crippen LogP contribution in [0.4, 0.5) is 0 Å². The lowest BCUT2D eigenvalue weighted by Gasteiger charge is -2.09. The summed E-state index contributed by atoms with van der Waals surface area (Å²) in [5, 5.41) is 4.01. The Balaban J connectivity index is 2.11. The van der Waals surface area contributed by atoms with Crippen molar-refractivity contribution in [3.8, 4) is 5.69 Å². The van der Waals surface area contributed by atoms with Gasteiger partial charge in [-0.3, -0.25) is 0 Å². The van der Waals surface area contributed by atoms with Gasteiger partial charge in [0.2, 0.25) is 0 Å². The Morgan fingerprint density at radius 3 is 2.21 bits per heavy atom. The minimum absolute atomic E-state index is 0.531. The van der Waals surface area contributed by atoms with Crippen LogP contribution < -0.4 is 0 Å². The van der Waals surface area contributed by atoms with E-state index in [0.717, 1.165) is 33.0 Å². The van der Waals surface area contributed by atoms with Crippen molar-refractivity contribution in [2.24, 2.45) is 0 Å². The lowest BCUT2D eigenvalue weighted by Crippen LogP contribution is -1.94. The molecule has 0 saturated carbocycles. The van der Waals surface area contributed by atoms with E-state index in [1.165, 1.54) is 5.39 Å². The summed E-state index contributed by atoms with van der Waals surface area (Å²) in [6.07, 6.45) is 0. The third-order valence-electron chi connectivity index (χ3n) is 4.48. The molecule has 3 heteroatoms. The fourth-order valence-electron chi connectivity index (χ4n) is 3.49. The summed E-state index contributed by atoms with van der Waals surface area (Å²) in [5.41, 5.74) is 4.11. The highest BCUT2D eigenvalue weighted by Crippen LogP contribution is 2.38. The van der Waals surface area contributed by atoms with E-state index in [0.29, 0.717) is 5.15 Å². The van der Waals surface area contributed by atoms with Crippen LogP contribution in [-0.4, -0.2) is 9.55 Å². The van der Waals surface area contributed by atoms with E-state index >= 15 is 0 Å². The van der Waals surface area contributed by atoms with Crippen molar-refractivity contribution < 1.29 is 0 Å². The Hall–Kier alpha value is -2.84. The number of hydrogen-bond donors (Lipinski definition) is 0. The van der Waals surface area contributed by atoms with E-state index in [1.807, 2.05) is 36.4 Å². The second-order valence-electron chi connectivity index (χ2n) is 5.83. The molecule has 0 N–H and O–H groups in total. The molecule has 0 spiro atoms. The number of benzene rings is 3. The third kappa shape index (κ3) is 1.81. The van der Waals surface area contributed by atoms with Crippen LogP contribution in [0.15, 0.2) is 78.9 Å². The molecule has 114 valence electrons. The zero-order valence-electron chi connectivity index (χ0n) is 12.8. The molecule has 0 aliphatic carbocycles. The molecule has 0 saturated heterocycles. The third-order valence-corrected chi connectivity index (χ3v) is 4.74. The van der Waals surface area contributed by atoms with Gasteiger partial charge in [0.05, 0.1) is 16.6 Å². The van der Waals surface area contributed by atoms with Gasteiger partial charge in [-0.05, 0) is 24.3 Å². The molecule has 5 aromatic rings. The Morgan fingerprint density at radius 2 is 1.38 bits per heavy atom. The van der Waals surface area contributed by atoms with Gasteiger partial charge in [-0.2, -0.15) is 0 Å². The standard InChI is InChI=1S/C21H13ClN2/c22-21-20-19(15-10-4-6-12-17(15)23-21)16-11-5-7-13-18(16)24(20)14-8-2-1-3-9-14/h1-13H. The molecule has 0 bridgehead atoms. The molecule has 0 unspecified atom stereocenters. The van der Waals surface area contributed by atoms with E-state index in [2.05, 4.69) is 52.0 Å². The molecule has 0 amide bonds. The largest absolute Gasteiger partial charge is 0.306 e. The van der Waals surface area contributed by atoms with Crippen LogP contribution in [0.1, 0.15) is 0 Å². The smallest absolute Gasteiger partial charge is 0.154 e. The number of nitrogens with zero attached hydrogens (tertiary/aromatic N) is 2. The number of pyridine rings is 1. The molecule has 0 aliphatic rings. The van der Waals surface area contributed by atoms with Gasteiger partial charge < -0.3 is 4.57 Å². The van der Waals surface area contributed by atoms with Crippen LogP contribution in [-0.2, 0) is 0 Å². The lowest BCUT2D eigenvalue weighted by molar-refractivity contribution is 1.17. The highest BCUT2D eigenvalue weighted by Gasteiger charge is 2.18. The SMILES string of the molecule is Clc1nc2ccccc2c2c3ccccc3n(-c3ccccc3)c12. The number of fused-ring (bicyclic) bond motifs is 5. The van der Waals surface area contributed by atoms with Crippen molar-refractivity contribution in [1.29, 1.82) is 0 Å². The zero-order valence-corrected chi connectivity index (χ0v) is 13.5. The quantitative estimate of drug-likeness (QED) is 0.346. The summed E-state index contributed by atoms with van der Waals surface area (Å²) in [6, 6.07) is 26.9. The number of hydrogen-bond acceptors (Lipinski definition) is 1. The molecular weight excluding hydrogens is 316 g/mol. The first kappa shape index (κ1) is 13.6. The zero-order chi connectivity index (χ0) is 16.1. The summed E-state index contributed by atoms with van der Waals surface area (Å²) < 4.78 is 2.20. The summed E-state index contributed by atoms with van der Waals surface area (Å²) in [6.45, 7) is 0. The van der Waals surface area contributed by atoms with Crippen molar-refractivity contribution in [3.05, 3.63) is 84.0 Å². The molecule has 0 radical (unpaired) electrons. The summed E-state index contributed by atoms with van der Waals surface area (Å²) in [5.74, 6) is 0. The fraction of sp³-hybridized carbons (Fsp3) is 0. The van der Waals surface area contributed by atoms with Crippen LogP contribution in [0.25, 0.3) is 38.4 Å². The topological polar surface area (TPSA) is 17.8 Å². The van der Waals surface area contributed by atoms with Gasteiger partial charge in [-0.25, -0.2) is 4.98 Å². The van der Waals surface area contributed by atoms with Crippen LogP contribution in [0.3, 0.4) is 0 Å². The molecule has 0 atom stereocenters. The first-order valence-electron chi connectivity index (χ1n) is 7.87. The molecule has 2 aromatic heterocycles. The molecule has 0 aliphatic heterocycles. The minimum Gasteiger partial charge on any atom is -0.306 e. The number of rotatable bonds is 1. The minimum atomic E-state index is 0.531. The maximum absolute atomic E-state index is 6.63. The van der Waals surface area contributed by atoms with E-state index in [4.69, 9.17) is 11.6 Å².